The second-order valence-corrected chi connectivity index (χ2v) is 6.50. The fourth-order valence-corrected chi connectivity index (χ4v) is 2.00. The highest BCUT2D eigenvalue weighted by molar-refractivity contribution is 9.10. The number of hydrogen-bond acceptors (Lipinski definition) is 2. The number of halogens is 2. The van der Waals surface area contributed by atoms with Crippen LogP contribution in [0.2, 0.25) is 5.02 Å². The summed E-state index contributed by atoms with van der Waals surface area (Å²) in [5.41, 5.74) is -0.225. The van der Waals surface area contributed by atoms with E-state index in [1.54, 1.807) is 39.0 Å². The van der Waals surface area contributed by atoms with Gasteiger partial charge in [0.1, 0.15) is 6.04 Å². The number of carboxylic acids is 1. The SMILES string of the molecule is CC(C)(C)[C@@H](NC(=O)c1ccc(Cl)c(Br)c1)C(=O)O. The van der Waals surface area contributed by atoms with Gasteiger partial charge in [0, 0.05) is 10.0 Å². The third-order valence-electron chi connectivity index (χ3n) is 2.57. The number of rotatable bonds is 3. The molecule has 1 amide bonds. The Bertz CT molecular complexity index is 511. The zero-order chi connectivity index (χ0) is 14.8. The van der Waals surface area contributed by atoms with Crippen molar-refractivity contribution in [1.29, 1.82) is 0 Å². The monoisotopic (exact) mass is 347 g/mol. The van der Waals surface area contributed by atoms with Crippen LogP contribution in [0.5, 0.6) is 0 Å². The second kappa shape index (κ2) is 5.92. The Kier molecular flexibility index (Phi) is 4.98. The van der Waals surface area contributed by atoms with Crippen LogP contribution < -0.4 is 5.32 Å². The van der Waals surface area contributed by atoms with Crippen molar-refractivity contribution < 1.29 is 14.7 Å². The number of benzene rings is 1. The molecule has 1 aromatic carbocycles. The third kappa shape index (κ3) is 4.21. The van der Waals surface area contributed by atoms with Gasteiger partial charge in [-0.1, -0.05) is 32.4 Å². The average Bonchev–Trinajstić information content (AvgIpc) is 2.27. The number of carboxylic acid groups (broad SMARTS) is 1. The van der Waals surface area contributed by atoms with Crippen LogP contribution in [-0.2, 0) is 4.79 Å². The van der Waals surface area contributed by atoms with Crippen molar-refractivity contribution in [3.05, 3.63) is 33.3 Å². The third-order valence-corrected chi connectivity index (χ3v) is 3.78. The van der Waals surface area contributed by atoms with Crippen LogP contribution in [0.3, 0.4) is 0 Å². The smallest absolute Gasteiger partial charge is 0.326 e. The molecule has 0 unspecified atom stereocenters. The average molecular weight is 349 g/mol. The zero-order valence-electron chi connectivity index (χ0n) is 10.8. The zero-order valence-corrected chi connectivity index (χ0v) is 13.2. The minimum absolute atomic E-state index is 0.353. The van der Waals surface area contributed by atoms with Gasteiger partial charge in [0.15, 0.2) is 0 Å². The van der Waals surface area contributed by atoms with Gasteiger partial charge in [0.2, 0.25) is 0 Å². The molecule has 0 heterocycles. The lowest BCUT2D eigenvalue weighted by Crippen LogP contribution is -2.49. The molecule has 6 heteroatoms. The largest absolute Gasteiger partial charge is 0.480 e. The van der Waals surface area contributed by atoms with Crippen LogP contribution in [-0.4, -0.2) is 23.0 Å². The predicted octanol–water partition coefficient (Wildman–Crippen LogP) is 3.33. The van der Waals surface area contributed by atoms with Crippen molar-refractivity contribution in [2.45, 2.75) is 26.8 Å². The van der Waals surface area contributed by atoms with E-state index in [2.05, 4.69) is 21.2 Å². The van der Waals surface area contributed by atoms with Gasteiger partial charge in [-0.05, 0) is 39.5 Å². The van der Waals surface area contributed by atoms with Crippen LogP contribution in [0.25, 0.3) is 0 Å². The van der Waals surface area contributed by atoms with Crippen molar-refractivity contribution in [3.63, 3.8) is 0 Å². The van der Waals surface area contributed by atoms with E-state index < -0.39 is 23.3 Å². The topological polar surface area (TPSA) is 66.4 Å². The molecule has 4 nitrogen and oxygen atoms in total. The highest BCUT2D eigenvalue weighted by Gasteiger charge is 2.32. The summed E-state index contributed by atoms with van der Waals surface area (Å²) in [6, 6.07) is 3.71. The molecule has 0 fully saturated rings. The molecule has 0 saturated carbocycles. The van der Waals surface area contributed by atoms with Gasteiger partial charge >= 0.3 is 5.97 Å². The number of amides is 1. The van der Waals surface area contributed by atoms with E-state index in [1.807, 2.05) is 0 Å². The highest BCUT2D eigenvalue weighted by atomic mass is 79.9. The van der Waals surface area contributed by atoms with Gasteiger partial charge in [-0.3, -0.25) is 4.79 Å². The summed E-state index contributed by atoms with van der Waals surface area (Å²) in [7, 11) is 0. The minimum Gasteiger partial charge on any atom is -0.480 e. The molecule has 1 aromatic rings. The van der Waals surface area contributed by atoms with E-state index in [0.29, 0.717) is 15.1 Å². The van der Waals surface area contributed by atoms with E-state index in [-0.39, 0.29) is 0 Å². The van der Waals surface area contributed by atoms with Gasteiger partial charge in [0.05, 0.1) is 5.02 Å². The van der Waals surface area contributed by atoms with Crippen molar-refractivity contribution >= 4 is 39.4 Å². The molecule has 0 aliphatic carbocycles. The van der Waals surface area contributed by atoms with E-state index in [1.165, 1.54) is 0 Å². The number of nitrogens with one attached hydrogen (secondary N) is 1. The van der Waals surface area contributed by atoms with Crippen LogP contribution in [0.4, 0.5) is 0 Å². The Morgan fingerprint density at radius 1 is 1.37 bits per heavy atom. The maximum atomic E-state index is 12.0. The molecular weight excluding hydrogens is 334 g/mol. The molecule has 0 spiro atoms. The highest BCUT2D eigenvalue weighted by Crippen LogP contribution is 2.24. The summed E-state index contributed by atoms with van der Waals surface area (Å²) in [4.78, 5) is 23.2. The molecule has 0 bridgehead atoms. The fraction of sp³-hybridized carbons (Fsp3) is 0.385. The standard InChI is InChI=1S/C13H15BrClNO3/c1-13(2,3)10(12(18)19)16-11(17)7-4-5-9(15)8(14)6-7/h4-6,10H,1-3H3,(H,16,17)(H,18,19)/t10-/m0/s1. The van der Waals surface area contributed by atoms with Gasteiger partial charge in [-0.25, -0.2) is 4.79 Å². The van der Waals surface area contributed by atoms with Crippen molar-refractivity contribution in [1.82, 2.24) is 5.32 Å². The normalized spacial score (nSPS) is 12.9. The van der Waals surface area contributed by atoms with E-state index in [0.717, 1.165) is 0 Å². The Balaban J connectivity index is 2.94. The van der Waals surface area contributed by atoms with Crippen molar-refractivity contribution in [2.75, 3.05) is 0 Å². The first kappa shape index (κ1) is 16.0. The minimum atomic E-state index is -1.06. The lowest BCUT2D eigenvalue weighted by atomic mass is 9.86. The number of carbonyl (C=O) groups excluding carboxylic acids is 1. The number of aliphatic carboxylic acids is 1. The number of carbonyl (C=O) groups is 2. The Morgan fingerprint density at radius 3 is 2.37 bits per heavy atom. The number of hydrogen-bond donors (Lipinski definition) is 2. The second-order valence-electron chi connectivity index (χ2n) is 5.24. The first-order chi connectivity index (χ1) is 8.62. The van der Waals surface area contributed by atoms with Crippen LogP contribution in [0.1, 0.15) is 31.1 Å². The van der Waals surface area contributed by atoms with E-state index in [9.17, 15) is 9.59 Å². The fourth-order valence-electron chi connectivity index (χ4n) is 1.50. The van der Waals surface area contributed by atoms with Crippen LogP contribution >= 0.6 is 27.5 Å². The van der Waals surface area contributed by atoms with E-state index in [4.69, 9.17) is 16.7 Å². The first-order valence-corrected chi connectivity index (χ1v) is 6.78. The van der Waals surface area contributed by atoms with Crippen molar-refractivity contribution in [3.8, 4) is 0 Å². The van der Waals surface area contributed by atoms with Gasteiger partial charge < -0.3 is 10.4 Å². The summed E-state index contributed by atoms with van der Waals surface area (Å²) in [5.74, 6) is -1.51. The lowest BCUT2D eigenvalue weighted by molar-refractivity contribution is -0.142. The summed E-state index contributed by atoms with van der Waals surface area (Å²) >= 11 is 9.06. The summed E-state index contributed by atoms with van der Waals surface area (Å²) in [5, 5.41) is 12.2. The molecule has 0 aliphatic heterocycles. The maximum Gasteiger partial charge on any atom is 0.326 e. The van der Waals surface area contributed by atoms with Crippen LogP contribution in [0, 0.1) is 5.41 Å². The molecular formula is C13H15BrClNO3. The molecule has 104 valence electrons. The molecule has 1 atom stereocenters. The Hall–Kier alpha value is -1.07. The van der Waals surface area contributed by atoms with Crippen LogP contribution in [0.15, 0.2) is 22.7 Å². The molecule has 0 aliphatic rings. The summed E-state index contributed by atoms with van der Waals surface area (Å²) in [6.45, 7) is 5.26. The first-order valence-electron chi connectivity index (χ1n) is 5.61. The van der Waals surface area contributed by atoms with Crippen molar-refractivity contribution in [2.24, 2.45) is 5.41 Å². The summed E-state index contributed by atoms with van der Waals surface area (Å²) in [6.07, 6.45) is 0. The summed E-state index contributed by atoms with van der Waals surface area (Å²) < 4.78 is 0.587. The molecule has 1 rings (SSSR count). The molecule has 0 radical (unpaired) electrons. The molecule has 0 aromatic heterocycles. The van der Waals surface area contributed by atoms with Gasteiger partial charge in [-0.2, -0.15) is 0 Å². The predicted molar refractivity (Wildman–Crippen MR) is 77.5 cm³/mol. The van der Waals surface area contributed by atoms with Gasteiger partial charge in [0.25, 0.3) is 5.91 Å². The Morgan fingerprint density at radius 2 is 1.95 bits per heavy atom. The molecule has 0 saturated heterocycles. The molecule has 19 heavy (non-hydrogen) atoms. The quantitative estimate of drug-likeness (QED) is 0.880. The van der Waals surface area contributed by atoms with E-state index >= 15 is 0 Å². The lowest BCUT2D eigenvalue weighted by Gasteiger charge is -2.27. The molecule has 2 N–H and O–H groups in total. The maximum absolute atomic E-state index is 12.0. The Labute approximate surface area is 125 Å². The van der Waals surface area contributed by atoms with Gasteiger partial charge in [-0.15, -0.1) is 0 Å².